The Morgan fingerprint density at radius 1 is 0.333 bits per heavy atom. The van der Waals surface area contributed by atoms with Gasteiger partial charge in [0.1, 0.15) is 0 Å². The molecule has 12 heteroatoms. The number of nitrogens with zero attached hydrogens (tertiary/aromatic N) is 2. The van der Waals surface area contributed by atoms with Crippen molar-refractivity contribution < 1.29 is 19.2 Å². The molecule has 6 aromatic rings. The van der Waals surface area contributed by atoms with Gasteiger partial charge in [0.05, 0.1) is 41.8 Å². The Morgan fingerprint density at radius 3 is 0.929 bits per heavy atom. The summed E-state index contributed by atoms with van der Waals surface area (Å²) in [4.78, 5) is 70.9. The summed E-state index contributed by atoms with van der Waals surface area (Å²) in [6.07, 6.45) is 45.0. The smallest absolute Gasteiger partial charge is 0.263 e. The Morgan fingerprint density at radius 2 is 0.607 bits per heavy atom. The quantitative estimate of drug-likeness (QED) is 0.0282. The highest BCUT2D eigenvalue weighted by atomic mass is 32.1. The van der Waals surface area contributed by atoms with Crippen molar-refractivity contribution in [1.82, 2.24) is 9.80 Å². The molecule has 0 bridgehead atoms. The zero-order valence-electron chi connectivity index (χ0n) is 52.7. The van der Waals surface area contributed by atoms with E-state index in [1.165, 1.54) is 232 Å². The van der Waals surface area contributed by atoms with Crippen molar-refractivity contribution in [2.45, 2.75) is 286 Å². The van der Waals surface area contributed by atoms with Crippen LogP contribution in [-0.4, -0.2) is 46.5 Å². The molecule has 0 N–H and O–H groups in total. The molecule has 2 atom stereocenters. The highest BCUT2D eigenvalue weighted by Crippen LogP contribution is 2.56. The lowest BCUT2D eigenvalue weighted by Crippen LogP contribution is -2.35. The van der Waals surface area contributed by atoms with E-state index in [1.54, 1.807) is 55.1 Å². The molecule has 2 aliphatic rings. The van der Waals surface area contributed by atoms with Crippen LogP contribution in [0.15, 0.2) is 22.9 Å². The van der Waals surface area contributed by atoms with Crippen LogP contribution in [0.3, 0.4) is 0 Å². The molecule has 0 spiro atoms. The Bertz CT molecular complexity index is 2800. The molecule has 0 aromatic carbocycles. The summed E-state index contributed by atoms with van der Waals surface area (Å²) < 4.78 is 5.05. The lowest BCUT2D eigenvalue weighted by Gasteiger charge is -2.23. The third-order valence-electron chi connectivity index (χ3n) is 18.3. The van der Waals surface area contributed by atoms with Crippen molar-refractivity contribution in [2.24, 2.45) is 11.8 Å². The Hall–Kier alpha value is -3.00. The molecule has 0 saturated heterocycles. The van der Waals surface area contributed by atoms with E-state index >= 15 is 19.2 Å². The average molecular weight is 1250 g/mol. The van der Waals surface area contributed by atoms with Gasteiger partial charge in [-0.1, -0.05) is 234 Å². The summed E-state index contributed by atoms with van der Waals surface area (Å²) in [5.74, 6) is -0.370. The van der Waals surface area contributed by atoms with E-state index < -0.39 is 0 Å². The molecule has 4 amide bonds. The summed E-state index contributed by atoms with van der Waals surface area (Å²) in [5.41, 5.74) is 4.69. The van der Waals surface area contributed by atoms with Crippen molar-refractivity contribution in [2.75, 3.05) is 13.1 Å². The molecule has 0 aliphatic carbocycles. The van der Waals surface area contributed by atoms with Crippen LogP contribution in [-0.2, 0) is 12.8 Å². The summed E-state index contributed by atoms with van der Waals surface area (Å²) in [5, 5.41) is 4.67. The number of unbranched alkanes of at least 4 members (excludes halogenated alkanes) is 26. The normalized spacial score (nSPS) is 14.3. The summed E-state index contributed by atoms with van der Waals surface area (Å²) in [6.45, 7) is 14.4. The molecule has 8 heterocycles. The second-order valence-electron chi connectivity index (χ2n) is 25.2. The van der Waals surface area contributed by atoms with Gasteiger partial charge in [-0.25, -0.2) is 0 Å². The van der Waals surface area contributed by atoms with Crippen LogP contribution in [0, 0.1) is 11.8 Å². The summed E-state index contributed by atoms with van der Waals surface area (Å²) in [7, 11) is 0. The lowest BCUT2D eigenvalue weighted by atomic mass is 9.93. The maximum Gasteiger partial charge on any atom is 0.263 e. The molecular weight excluding hydrogens is 1150 g/mol. The first-order valence-electron chi connectivity index (χ1n) is 34.2. The van der Waals surface area contributed by atoms with E-state index in [1.807, 2.05) is 0 Å². The number of amides is 4. The van der Waals surface area contributed by atoms with Crippen molar-refractivity contribution in [3.8, 4) is 29.3 Å². The number of fused-ring (bicyclic) bond motifs is 4. The SMILES string of the molecule is CCCCCCCCc1csc2cc(-c3sc(-c4sc(-c5cc6scc(CCCCCCCC)c6s5)c5c4C(=O)N(CC(CCCCCC)CCCCCCCC)C5=O)c4c3C(=O)N(CC(CCCCCC)CCCCCCCC)C4=O)sc12. The van der Waals surface area contributed by atoms with Gasteiger partial charge in [-0.3, -0.25) is 29.0 Å². The third kappa shape index (κ3) is 17.2. The van der Waals surface area contributed by atoms with Crippen LogP contribution in [0.2, 0.25) is 0 Å². The third-order valence-corrected chi connectivity index (χ3v) is 25.8. The monoisotopic (exact) mass is 1250 g/mol. The number of hydrogen-bond acceptors (Lipinski definition) is 10. The molecule has 0 fully saturated rings. The van der Waals surface area contributed by atoms with E-state index in [4.69, 9.17) is 0 Å². The lowest BCUT2D eigenvalue weighted by molar-refractivity contribution is 0.0606. The summed E-state index contributed by atoms with van der Waals surface area (Å²) in [6, 6.07) is 4.54. The average Bonchev–Trinajstić information content (AvgIpc) is 1.66. The molecule has 2 aliphatic heterocycles. The van der Waals surface area contributed by atoms with Crippen LogP contribution in [0.25, 0.3) is 48.1 Å². The van der Waals surface area contributed by atoms with Crippen LogP contribution in [0.4, 0.5) is 0 Å². The van der Waals surface area contributed by atoms with Crippen molar-refractivity contribution in [3.63, 3.8) is 0 Å². The van der Waals surface area contributed by atoms with Gasteiger partial charge in [-0.15, -0.1) is 68.0 Å². The van der Waals surface area contributed by atoms with Gasteiger partial charge in [0.2, 0.25) is 0 Å². The molecule has 6 nitrogen and oxygen atoms in total. The molecule has 0 saturated carbocycles. The number of imide groups is 2. The highest BCUT2D eigenvalue weighted by Gasteiger charge is 2.48. The maximum absolute atomic E-state index is 15.7. The standard InChI is InChI=1S/C72H104N2O4S6/c1-7-13-19-25-29-35-41-51(39-33-23-17-11-5)47-73-69(75)59-61(71(73)77)67(83-65(59)57-45-55-63(81-57)53(49-79-55)43-37-31-27-21-15-9-3)68-62-60(66(84-68)58-46-56-64(82-58)54(50-80-56)44-38-32-28-22-16-10-4)70(76)74(72(62)78)48-52(40-34-24-18-12-6)42-36-30-26-20-14-8-2/h45-46,49-52H,7-44,47-48H2,1-6H3. The predicted octanol–water partition coefficient (Wildman–Crippen LogP) is 25.0. The Labute approximate surface area is 531 Å². The first kappa shape index (κ1) is 66.9. The van der Waals surface area contributed by atoms with Crippen LogP contribution < -0.4 is 0 Å². The van der Waals surface area contributed by atoms with E-state index in [-0.39, 0.29) is 35.5 Å². The number of carbonyl (C=O) groups excluding carboxylic acids is 4. The van der Waals surface area contributed by atoms with Crippen LogP contribution >= 0.6 is 68.0 Å². The van der Waals surface area contributed by atoms with Crippen LogP contribution in [0.5, 0.6) is 0 Å². The van der Waals surface area contributed by atoms with E-state index in [9.17, 15) is 0 Å². The Kier molecular flexibility index (Phi) is 28.1. The van der Waals surface area contributed by atoms with Crippen molar-refractivity contribution >= 4 is 110 Å². The number of carbonyl (C=O) groups is 4. The van der Waals surface area contributed by atoms with Gasteiger partial charge in [-0.2, -0.15) is 0 Å². The largest absolute Gasteiger partial charge is 0.274 e. The van der Waals surface area contributed by atoms with Crippen LogP contribution in [0.1, 0.15) is 325 Å². The maximum atomic E-state index is 15.7. The number of hydrogen-bond donors (Lipinski definition) is 0. The topological polar surface area (TPSA) is 74.8 Å². The minimum atomic E-state index is -0.226. The first-order chi connectivity index (χ1) is 41.2. The predicted molar refractivity (Wildman–Crippen MR) is 370 cm³/mol. The molecule has 84 heavy (non-hydrogen) atoms. The highest BCUT2D eigenvalue weighted by molar-refractivity contribution is 7.34. The van der Waals surface area contributed by atoms with Gasteiger partial charge in [0.15, 0.2) is 0 Å². The van der Waals surface area contributed by atoms with Gasteiger partial charge >= 0.3 is 0 Å². The van der Waals surface area contributed by atoms with Crippen molar-refractivity contribution in [1.29, 1.82) is 0 Å². The zero-order chi connectivity index (χ0) is 59.2. The molecule has 6 aromatic heterocycles. The number of aryl methyl sites for hydroxylation is 2. The molecule has 2 unspecified atom stereocenters. The molecule has 462 valence electrons. The van der Waals surface area contributed by atoms with Crippen molar-refractivity contribution in [3.05, 3.63) is 56.3 Å². The summed E-state index contributed by atoms with van der Waals surface area (Å²) >= 11 is 10.2. The van der Waals surface area contributed by atoms with Gasteiger partial charge in [0.25, 0.3) is 23.6 Å². The van der Waals surface area contributed by atoms with E-state index in [0.717, 1.165) is 83.7 Å². The van der Waals surface area contributed by atoms with Gasteiger partial charge in [-0.05, 0) is 97.2 Å². The number of rotatable bonds is 45. The molecule has 8 rings (SSSR count). The fraction of sp³-hybridized carbons (Fsp3) is 0.667. The van der Waals surface area contributed by atoms with Gasteiger partial charge in [0, 0.05) is 41.6 Å². The first-order valence-corrected chi connectivity index (χ1v) is 39.3. The molecular formula is C72H104N2O4S6. The fourth-order valence-corrected chi connectivity index (χ4v) is 21.0. The number of thiophene rings is 6. The zero-order valence-corrected chi connectivity index (χ0v) is 57.6. The van der Waals surface area contributed by atoms with E-state index in [2.05, 4.69) is 64.4 Å². The minimum Gasteiger partial charge on any atom is -0.274 e. The Balaban J connectivity index is 1.21. The van der Waals surface area contributed by atoms with Gasteiger partial charge < -0.3 is 0 Å². The molecule has 0 radical (unpaired) electrons. The second-order valence-corrected chi connectivity index (χ2v) is 31.1. The second kappa shape index (κ2) is 35.3. The minimum absolute atomic E-state index is 0.187. The van der Waals surface area contributed by atoms with E-state index in [0.29, 0.717) is 45.1 Å². The fourth-order valence-electron chi connectivity index (χ4n) is 13.2.